The topological polar surface area (TPSA) is 50.1 Å². The van der Waals surface area contributed by atoms with Crippen LogP contribution in [0.2, 0.25) is 5.02 Å². The molecule has 0 bridgehead atoms. The van der Waals surface area contributed by atoms with Crippen molar-refractivity contribution in [3.05, 3.63) is 47.2 Å². The number of rotatable bonds is 6. The molecule has 4 nitrogen and oxygen atoms in total. The van der Waals surface area contributed by atoms with Crippen LogP contribution in [0, 0.1) is 0 Å². The Hall–Kier alpha value is -1.52. The number of anilines is 1. The molecule has 0 radical (unpaired) electrons. The number of hydrogen-bond acceptors (Lipinski definition) is 3. The second-order valence-electron chi connectivity index (χ2n) is 4.42. The number of hydrogen-bond donors (Lipinski definition) is 2. The molecule has 5 heteroatoms. The summed E-state index contributed by atoms with van der Waals surface area (Å²) >= 11 is 5.85. The van der Waals surface area contributed by atoms with Crippen molar-refractivity contribution in [2.24, 2.45) is 0 Å². The highest BCUT2D eigenvalue weighted by Gasteiger charge is 2.12. The minimum absolute atomic E-state index is 0.0143. The van der Waals surface area contributed by atoms with Gasteiger partial charge in [-0.25, -0.2) is 0 Å². The molecule has 2 aromatic rings. The normalized spacial score (nSPS) is 12.4. The van der Waals surface area contributed by atoms with E-state index in [2.05, 4.69) is 17.3 Å². The van der Waals surface area contributed by atoms with Gasteiger partial charge in [0.1, 0.15) is 0 Å². The molecule has 0 saturated heterocycles. The monoisotopic (exact) mass is 279 g/mol. The fraction of sp³-hybridized carbons (Fsp3) is 0.357. The number of nitrogens with zero attached hydrogens (tertiary/aromatic N) is 2. The third kappa shape index (κ3) is 3.72. The molecule has 2 N–H and O–H groups in total. The van der Waals surface area contributed by atoms with Crippen molar-refractivity contribution >= 4 is 17.3 Å². The van der Waals surface area contributed by atoms with E-state index in [1.165, 1.54) is 0 Å². The summed E-state index contributed by atoms with van der Waals surface area (Å²) in [7, 11) is 0. The van der Waals surface area contributed by atoms with Crippen molar-refractivity contribution in [3.63, 3.8) is 0 Å². The summed E-state index contributed by atoms with van der Waals surface area (Å²) in [4.78, 5) is 0. The third-order valence-electron chi connectivity index (χ3n) is 2.88. The molecule has 0 spiro atoms. The quantitative estimate of drug-likeness (QED) is 0.854. The molecule has 102 valence electrons. The van der Waals surface area contributed by atoms with Crippen LogP contribution in [0.3, 0.4) is 0 Å². The summed E-state index contributed by atoms with van der Waals surface area (Å²) in [6, 6.07) is 7.26. The van der Waals surface area contributed by atoms with Gasteiger partial charge in [0, 0.05) is 29.0 Å². The Labute approximate surface area is 118 Å². The highest BCUT2D eigenvalue weighted by Crippen LogP contribution is 2.20. The van der Waals surface area contributed by atoms with Crippen LogP contribution in [-0.4, -0.2) is 21.5 Å². The van der Waals surface area contributed by atoms with E-state index in [0.29, 0.717) is 5.02 Å². The van der Waals surface area contributed by atoms with Gasteiger partial charge in [0.15, 0.2) is 0 Å². The molecular formula is C14H18ClN3O. The van der Waals surface area contributed by atoms with Gasteiger partial charge in [0.2, 0.25) is 0 Å². The van der Waals surface area contributed by atoms with Crippen molar-refractivity contribution < 1.29 is 5.11 Å². The molecule has 0 aliphatic carbocycles. The first-order valence-corrected chi connectivity index (χ1v) is 6.76. The Kier molecular flexibility index (Phi) is 4.82. The Morgan fingerprint density at radius 1 is 1.37 bits per heavy atom. The van der Waals surface area contributed by atoms with E-state index in [0.717, 1.165) is 24.2 Å². The molecule has 19 heavy (non-hydrogen) atoms. The molecule has 1 aromatic carbocycles. The molecule has 1 atom stereocenters. The number of benzene rings is 1. The van der Waals surface area contributed by atoms with E-state index in [-0.39, 0.29) is 12.6 Å². The number of nitrogens with one attached hydrogen (secondary N) is 1. The standard InChI is InChI=1S/C14H18ClN3O/c1-2-7-18-9-11(8-16-18)14(10-19)17-13-5-3-12(15)4-6-13/h3-6,8-9,14,17,19H,2,7,10H2,1H3. The zero-order valence-electron chi connectivity index (χ0n) is 10.9. The lowest BCUT2D eigenvalue weighted by atomic mass is 10.1. The van der Waals surface area contributed by atoms with E-state index >= 15 is 0 Å². The van der Waals surface area contributed by atoms with Gasteiger partial charge in [0.05, 0.1) is 18.8 Å². The second-order valence-corrected chi connectivity index (χ2v) is 4.86. The van der Waals surface area contributed by atoms with E-state index in [1.54, 1.807) is 6.20 Å². The van der Waals surface area contributed by atoms with E-state index in [1.807, 2.05) is 35.1 Å². The minimum Gasteiger partial charge on any atom is -0.394 e. The smallest absolute Gasteiger partial charge is 0.0775 e. The van der Waals surface area contributed by atoms with Gasteiger partial charge in [0.25, 0.3) is 0 Å². The summed E-state index contributed by atoms with van der Waals surface area (Å²) in [6.07, 6.45) is 4.79. The molecule has 0 aliphatic rings. The third-order valence-corrected chi connectivity index (χ3v) is 3.13. The van der Waals surface area contributed by atoms with Crippen LogP contribution >= 0.6 is 11.6 Å². The van der Waals surface area contributed by atoms with Crippen molar-refractivity contribution in [2.75, 3.05) is 11.9 Å². The second kappa shape index (κ2) is 6.59. The SMILES string of the molecule is CCCn1cc(C(CO)Nc2ccc(Cl)cc2)cn1. The van der Waals surface area contributed by atoms with Gasteiger partial charge in [-0.1, -0.05) is 18.5 Å². The summed E-state index contributed by atoms with van der Waals surface area (Å²) in [6.45, 7) is 3.01. The Balaban J connectivity index is 2.08. The van der Waals surface area contributed by atoms with Crippen LogP contribution in [0.15, 0.2) is 36.7 Å². The summed E-state index contributed by atoms with van der Waals surface area (Å²) in [5, 5.41) is 17.7. The zero-order chi connectivity index (χ0) is 13.7. The highest BCUT2D eigenvalue weighted by atomic mass is 35.5. The average Bonchev–Trinajstić information content (AvgIpc) is 2.87. The number of halogens is 1. The van der Waals surface area contributed by atoms with Gasteiger partial charge in [-0.15, -0.1) is 0 Å². The summed E-state index contributed by atoms with van der Waals surface area (Å²) in [5.74, 6) is 0. The van der Waals surface area contributed by atoms with Crippen molar-refractivity contribution in [3.8, 4) is 0 Å². The molecule has 0 fully saturated rings. The maximum atomic E-state index is 9.51. The predicted octanol–water partition coefficient (Wildman–Crippen LogP) is 3.09. The van der Waals surface area contributed by atoms with Crippen LogP contribution in [0.1, 0.15) is 24.9 Å². The zero-order valence-corrected chi connectivity index (χ0v) is 11.6. The Morgan fingerprint density at radius 3 is 2.74 bits per heavy atom. The molecule has 1 heterocycles. The predicted molar refractivity (Wildman–Crippen MR) is 77.4 cm³/mol. The molecule has 0 aliphatic heterocycles. The lowest BCUT2D eigenvalue weighted by molar-refractivity contribution is 0.276. The number of aliphatic hydroxyl groups is 1. The van der Waals surface area contributed by atoms with Crippen LogP contribution in [-0.2, 0) is 6.54 Å². The lowest BCUT2D eigenvalue weighted by Crippen LogP contribution is -2.14. The fourth-order valence-corrected chi connectivity index (χ4v) is 2.02. The molecule has 0 amide bonds. The highest BCUT2D eigenvalue weighted by molar-refractivity contribution is 6.30. The van der Waals surface area contributed by atoms with Gasteiger partial charge in [-0.05, 0) is 30.7 Å². The molecule has 1 aromatic heterocycles. The number of aliphatic hydroxyl groups excluding tert-OH is 1. The fourth-order valence-electron chi connectivity index (χ4n) is 1.89. The average molecular weight is 280 g/mol. The van der Waals surface area contributed by atoms with Gasteiger partial charge in [-0.2, -0.15) is 5.10 Å². The molecule has 0 saturated carbocycles. The van der Waals surface area contributed by atoms with Crippen LogP contribution < -0.4 is 5.32 Å². The van der Waals surface area contributed by atoms with Crippen molar-refractivity contribution in [1.82, 2.24) is 9.78 Å². The first-order chi connectivity index (χ1) is 9.22. The van der Waals surface area contributed by atoms with Crippen molar-refractivity contribution in [2.45, 2.75) is 25.9 Å². The van der Waals surface area contributed by atoms with Crippen LogP contribution in [0.5, 0.6) is 0 Å². The van der Waals surface area contributed by atoms with Crippen LogP contribution in [0.4, 0.5) is 5.69 Å². The maximum Gasteiger partial charge on any atom is 0.0775 e. The maximum absolute atomic E-state index is 9.51. The van der Waals surface area contributed by atoms with Gasteiger partial charge >= 0.3 is 0 Å². The van der Waals surface area contributed by atoms with E-state index in [4.69, 9.17) is 11.6 Å². The van der Waals surface area contributed by atoms with Crippen LogP contribution in [0.25, 0.3) is 0 Å². The van der Waals surface area contributed by atoms with Crippen molar-refractivity contribution in [1.29, 1.82) is 0 Å². The van der Waals surface area contributed by atoms with Gasteiger partial charge < -0.3 is 10.4 Å². The Bertz CT molecular complexity index is 510. The minimum atomic E-state index is -0.160. The van der Waals surface area contributed by atoms with Gasteiger partial charge in [-0.3, -0.25) is 4.68 Å². The first kappa shape index (κ1) is 13.9. The van der Waals surface area contributed by atoms with E-state index < -0.39 is 0 Å². The number of aryl methyl sites for hydroxylation is 1. The molecular weight excluding hydrogens is 262 g/mol. The van der Waals surface area contributed by atoms with E-state index in [9.17, 15) is 5.11 Å². The largest absolute Gasteiger partial charge is 0.394 e. The lowest BCUT2D eigenvalue weighted by Gasteiger charge is -2.16. The first-order valence-electron chi connectivity index (χ1n) is 6.38. The summed E-state index contributed by atoms with van der Waals surface area (Å²) < 4.78 is 1.89. The summed E-state index contributed by atoms with van der Waals surface area (Å²) in [5.41, 5.74) is 1.90. The molecule has 1 unspecified atom stereocenters. The Morgan fingerprint density at radius 2 is 2.11 bits per heavy atom. The number of aromatic nitrogens is 2. The molecule has 2 rings (SSSR count).